The highest BCUT2D eigenvalue weighted by molar-refractivity contribution is 6.05. The van der Waals surface area contributed by atoms with Crippen molar-refractivity contribution in [2.45, 2.75) is 12.5 Å². The number of aromatic nitrogens is 1. The van der Waals surface area contributed by atoms with Crippen molar-refractivity contribution >= 4 is 22.8 Å². The number of cyclic esters (lactones) is 1. The van der Waals surface area contributed by atoms with Crippen molar-refractivity contribution in [3.63, 3.8) is 0 Å². The quantitative estimate of drug-likeness (QED) is 0.676. The Balaban J connectivity index is 1.78. The third kappa shape index (κ3) is 3.01. The highest BCUT2D eigenvalue weighted by Gasteiger charge is 2.31. The summed E-state index contributed by atoms with van der Waals surface area (Å²) in [6, 6.07) is 14.6. The van der Waals surface area contributed by atoms with Crippen LogP contribution in [0.2, 0.25) is 0 Å². The molecule has 3 aromatic rings. The van der Waals surface area contributed by atoms with Crippen molar-refractivity contribution in [3.05, 3.63) is 66.0 Å². The molecule has 2 aromatic carbocycles. The van der Waals surface area contributed by atoms with E-state index in [2.05, 4.69) is 4.98 Å². The van der Waals surface area contributed by atoms with Gasteiger partial charge in [0.15, 0.2) is 0 Å². The van der Waals surface area contributed by atoms with Crippen LogP contribution in [0.25, 0.3) is 22.2 Å². The summed E-state index contributed by atoms with van der Waals surface area (Å²) in [6.45, 7) is 0.245. The fraction of sp³-hybridized carbons (Fsp3) is 0.150. The Bertz CT molecular complexity index is 1000. The van der Waals surface area contributed by atoms with Crippen LogP contribution in [0.1, 0.15) is 16.8 Å². The molecule has 1 aromatic heterocycles. The van der Waals surface area contributed by atoms with Crippen LogP contribution in [0.15, 0.2) is 54.6 Å². The van der Waals surface area contributed by atoms with Crippen LogP contribution < -0.4 is 0 Å². The first kappa shape index (κ1) is 16.2. The predicted octanol–water partition coefficient (Wildman–Crippen LogP) is 3.51. The van der Waals surface area contributed by atoms with E-state index in [1.54, 1.807) is 36.4 Å². The second kappa shape index (κ2) is 6.55. The van der Waals surface area contributed by atoms with Gasteiger partial charge in [-0.25, -0.2) is 19.0 Å². The average Bonchev–Trinajstić information content (AvgIpc) is 3.06. The Morgan fingerprint density at radius 3 is 2.65 bits per heavy atom. The minimum absolute atomic E-state index is 0.245. The molecule has 0 saturated carbocycles. The van der Waals surface area contributed by atoms with Gasteiger partial charge in [0.2, 0.25) is 6.10 Å². The van der Waals surface area contributed by atoms with E-state index in [0.717, 1.165) is 0 Å². The maximum atomic E-state index is 13.2. The average molecular weight is 351 g/mol. The largest absolute Gasteiger partial charge is 0.463 e. The lowest BCUT2D eigenvalue weighted by Crippen LogP contribution is -2.23. The lowest BCUT2D eigenvalue weighted by atomic mass is 10.0. The smallest absolute Gasteiger partial charge is 0.347 e. The highest BCUT2D eigenvalue weighted by atomic mass is 19.1. The van der Waals surface area contributed by atoms with Crippen LogP contribution in [-0.2, 0) is 14.3 Å². The van der Waals surface area contributed by atoms with Gasteiger partial charge in [0.25, 0.3) is 0 Å². The molecule has 2 heterocycles. The summed E-state index contributed by atoms with van der Waals surface area (Å²) in [6.07, 6.45) is -0.540. The molecule has 1 fully saturated rings. The Morgan fingerprint density at radius 1 is 1.15 bits per heavy atom. The predicted molar refractivity (Wildman–Crippen MR) is 91.9 cm³/mol. The Kier molecular flexibility index (Phi) is 4.08. The maximum absolute atomic E-state index is 13.2. The van der Waals surface area contributed by atoms with E-state index in [9.17, 15) is 14.0 Å². The summed E-state index contributed by atoms with van der Waals surface area (Å²) in [5.74, 6) is -1.50. The van der Waals surface area contributed by atoms with Crippen LogP contribution in [0, 0.1) is 5.82 Å². The summed E-state index contributed by atoms with van der Waals surface area (Å²) >= 11 is 0. The molecule has 0 N–H and O–H groups in total. The van der Waals surface area contributed by atoms with E-state index in [1.807, 2.05) is 6.07 Å². The van der Waals surface area contributed by atoms with E-state index in [4.69, 9.17) is 9.47 Å². The number of ether oxygens (including phenoxy) is 2. The van der Waals surface area contributed by atoms with Crippen LogP contribution in [0.5, 0.6) is 0 Å². The number of halogens is 1. The molecule has 0 spiro atoms. The van der Waals surface area contributed by atoms with Crippen LogP contribution >= 0.6 is 0 Å². The molecule has 5 nitrogen and oxygen atoms in total. The van der Waals surface area contributed by atoms with E-state index in [1.165, 1.54) is 12.1 Å². The van der Waals surface area contributed by atoms with Crippen LogP contribution in [0.3, 0.4) is 0 Å². The van der Waals surface area contributed by atoms with Gasteiger partial charge in [0.05, 0.1) is 23.4 Å². The molecule has 130 valence electrons. The van der Waals surface area contributed by atoms with Gasteiger partial charge < -0.3 is 9.47 Å². The molecule has 0 bridgehead atoms. The molecule has 1 aliphatic rings. The van der Waals surface area contributed by atoms with Gasteiger partial charge in [-0.15, -0.1) is 0 Å². The molecule has 4 rings (SSSR count). The van der Waals surface area contributed by atoms with Gasteiger partial charge in [-0.2, -0.15) is 0 Å². The molecule has 1 aliphatic heterocycles. The normalized spacial score (nSPS) is 16.5. The summed E-state index contributed by atoms with van der Waals surface area (Å²) in [5.41, 5.74) is 2.10. The Labute approximate surface area is 148 Å². The maximum Gasteiger partial charge on any atom is 0.347 e. The number of para-hydroxylation sites is 1. The second-order valence-corrected chi connectivity index (χ2v) is 5.93. The number of carbonyl (C=O) groups excluding carboxylic acids is 2. The highest BCUT2D eigenvalue weighted by Crippen LogP contribution is 2.26. The molecule has 0 amide bonds. The zero-order valence-corrected chi connectivity index (χ0v) is 13.6. The third-order valence-electron chi connectivity index (χ3n) is 4.21. The van der Waals surface area contributed by atoms with Crippen molar-refractivity contribution in [1.82, 2.24) is 4.98 Å². The number of rotatable bonds is 3. The number of esters is 2. The molecule has 6 heteroatoms. The number of nitrogens with zero attached hydrogens (tertiary/aromatic N) is 1. The van der Waals surface area contributed by atoms with Crippen molar-refractivity contribution in [2.75, 3.05) is 6.61 Å². The van der Waals surface area contributed by atoms with Gasteiger partial charge in [0, 0.05) is 17.4 Å². The molecule has 0 aliphatic carbocycles. The zero-order chi connectivity index (χ0) is 18.1. The number of pyridine rings is 1. The molecule has 26 heavy (non-hydrogen) atoms. The topological polar surface area (TPSA) is 65.5 Å². The monoisotopic (exact) mass is 351 g/mol. The number of carbonyl (C=O) groups is 2. The molecule has 0 unspecified atom stereocenters. The molecule has 1 atom stereocenters. The molecule has 0 radical (unpaired) electrons. The summed E-state index contributed by atoms with van der Waals surface area (Å²) in [7, 11) is 0. The first-order chi connectivity index (χ1) is 12.6. The molecular formula is C20H14FNO4. The van der Waals surface area contributed by atoms with Crippen LogP contribution in [-0.4, -0.2) is 29.6 Å². The van der Waals surface area contributed by atoms with Crippen molar-refractivity contribution in [2.24, 2.45) is 0 Å². The van der Waals surface area contributed by atoms with Crippen LogP contribution in [0.4, 0.5) is 4.39 Å². The van der Waals surface area contributed by atoms with Gasteiger partial charge >= 0.3 is 11.9 Å². The van der Waals surface area contributed by atoms with E-state index >= 15 is 0 Å². The Hall–Kier alpha value is -3.28. The minimum Gasteiger partial charge on any atom is -0.463 e. The summed E-state index contributed by atoms with van der Waals surface area (Å²) in [5, 5.41) is 0.620. The van der Waals surface area contributed by atoms with Gasteiger partial charge in [-0.3, -0.25) is 0 Å². The summed E-state index contributed by atoms with van der Waals surface area (Å²) < 4.78 is 23.3. The number of benzene rings is 2. The zero-order valence-electron chi connectivity index (χ0n) is 13.6. The lowest BCUT2D eigenvalue weighted by Gasteiger charge is -2.12. The standard InChI is InChI=1S/C20H14FNO4/c21-13-7-5-12(6-8-13)17-11-15(14-3-1-2-4-16(14)22-17)19(23)26-18-9-10-25-20(18)24/h1-8,11,18H,9-10H2/t18-/m1/s1. The first-order valence-electron chi connectivity index (χ1n) is 8.15. The molecule has 1 saturated heterocycles. The first-order valence-corrected chi connectivity index (χ1v) is 8.15. The fourth-order valence-corrected chi connectivity index (χ4v) is 2.89. The van der Waals surface area contributed by atoms with Crippen molar-refractivity contribution < 1.29 is 23.5 Å². The van der Waals surface area contributed by atoms with Crippen molar-refractivity contribution in [3.8, 4) is 11.3 Å². The summed E-state index contributed by atoms with van der Waals surface area (Å²) in [4.78, 5) is 28.8. The minimum atomic E-state index is -0.885. The fourth-order valence-electron chi connectivity index (χ4n) is 2.89. The van der Waals surface area contributed by atoms with Gasteiger partial charge in [-0.1, -0.05) is 18.2 Å². The van der Waals surface area contributed by atoms with E-state index < -0.39 is 18.0 Å². The van der Waals surface area contributed by atoms with E-state index in [-0.39, 0.29) is 12.4 Å². The number of hydrogen-bond acceptors (Lipinski definition) is 5. The number of hydrogen-bond donors (Lipinski definition) is 0. The number of fused-ring (bicyclic) bond motifs is 1. The second-order valence-electron chi connectivity index (χ2n) is 5.93. The third-order valence-corrected chi connectivity index (χ3v) is 4.21. The molecular weight excluding hydrogens is 337 g/mol. The van der Waals surface area contributed by atoms with E-state index in [0.29, 0.717) is 34.1 Å². The van der Waals surface area contributed by atoms with Gasteiger partial charge in [-0.05, 0) is 36.4 Å². The van der Waals surface area contributed by atoms with Gasteiger partial charge in [0.1, 0.15) is 5.82 Å². The van der Waals surface area contributed by atoms with Crippen molar-refractivity contribution in [1.29, 1.82) is 0 Å². The lowest BCUT2D eigenvalue weighted by molar-refractivity contribution is -0.145. The SMILES string of the molecule is O=C(O[C@@H]1CCOC1=O)c1cc(-c2ccc(F)cc2)nc2ccccc12. The Morgan fingerprint density at radius 2 is 1.92 bits per heavy atom.